The zero-order valence-corrected chi connectivity index (χ0v) is 15.8. The van der Waals surface area contributed by atoms with Gasteiger partial charge in [0.1, 0.15) is 23.2 Å². The number of nitrogens with zero attached hydrogens (tertiary/aromatic N) is 2. The summed E-state index contributed by atoms with van der Waals surface area (Å²) in [7, 11) is 1.65. The van der Waals surface area contributed by atoms with Crippen molar-refractivity contribution >= 4 is 28.9 Å². The Kier molecular flexibility index (Phi) is 5.58. The number of nitrogens with one attached hydrogen (secondary N) is 2. The number of halogens is 1. The Morgan fingerprint density at radius 3 is 2.42 bits per heavy atom. The molecule has 1 aromatic heterocycles. The van der Waals surface area contributed by atoms with Crippen molar-refractivity contribution in [3.63, 3.8) is 0 Å². The molecule has 0 unspecified atom stereocenters. The summed E-state index contributed by atoms with van der Waals surface area (Å²) in [5, 5.41) is 7.37. The predicted octanol–water partition coefficient (Wildman–Crippen LogP) is 5.11. The quantitative estimate of drug-likeness (QED) is 0.633. The minimum Gasteiger partial charge on any atom is -0.495 e. The lowest BCUT2D eigenvalue weighted by molar-refractivity contribution is 0.416. The van der Waals surface area contributed by atoms with Gasteiger partial charge in [0.25, 0.3) is 0 Å². The third-order valence-corrected chi connectivity index (χ3v) is 4.09. The van der Waals surface area contributed by atoms with Gasteiger partial charge >= 0.3 is 0 Å². The van der Waals surface area contributed by atoms with Gasteiger partial charge in [-0.05, 0) is 49.2 Å². The number of hydrogen-bond acceptors (Lipinski definition) is 5. The molecule has 134 valence electrons. The van der Waals surface area contributed by atoms with Crippen LogP contribution in [0.1, 0.15) is 17.0 Å². The highest BCUT2D eigenvalue weighted by Crippen LogP contribution is 2.28. The number of methoxy groups -OCH3 is 1. The average molecular weight is 369 g/mol. The molecule has 0 bridgehead atoms. The molecule has 3 rings (SSSR count). The number of ether oxygens (including phenoxy) is 1. The SMILES string of the molecule is COc1ccc(C)cc1Nc1cc(NCc2ccc(Cl)cc2)nc(C)n1. The molecular formula is C20H21ClN4O. The van der Waals surface area contributed by atoms with E-state index in [1.54, 1.807) is 7.11 Å². The van der Waals surface area contributed by atoms with Crippen molar-refractivity contribution in [3.05, 3.63) is 70.5 Å². The van der Waals surface area contributed by atoms with Crippen molar-refractivity contribution < 1.29 is 4.74 Å². The molecule has 1 heterocycles. The fourth-order valence-corrected chi connectivity index (χ4v) is 2.70. The summed E-state index contributed by atoms with van der Waals surface area (Å²) < 4.78 is 5.42. The van der Waals surface area contributed by atoms with Crippen molar-refractivity contribution in [1.29, 1.82) is 0 Å². The van der Waals surface area contributed by atoms with E-state index in [2.05, 4.69) is 20.6 Å². The van der Waals surface area contributed by atoms with E-state index in [9.17, 15) is 0 Å². The molecule has 0 aliphatic rings. The summed E-state index contributed by atoms with van der Waals surface area (Å²) in [4.78, 5) is 8.91. The van der Waals surface area contributed by atoms with Crippen molar-refractivity contribution in [2.45, 2.75) is 20.4 Å². The molecule has 5 nitrogen and oxygen atoms in total. The normalized spacial score (nSPS) is 10.5. The Hall–Kier alpha value is -2.79. The van der Waals surface area contributed by atoms with Gasteiger partial charge in [0, 0.05) is 17.6 Å². The molecule has 26 heavy (non-hydrogen) atoms. The number of rotatable bonds is 6. The summed E-state index contributed by atoms with van der Waals surface area (Å²) >= 11 is 5.92. The van der Waals surface area contributed by atoms with E-state index in [-0.39, 0.29) is 0 Å². The molecule has 3 aromatic rings. The third-order valence-electron chi connectivity index (χ3n) is 3.84. The van der Waals surface area contributed by atoms with Gasteiger partial charge in [0.15, 0.2) is 0 Å². The first kappa shape index (κ1) is 18.0. The van der Waals surface area contributed by atoms with Crippen LogP contribution in [0.3, 0.4) is 0 Å². The van der Waals surface area contributed by atoms with Crippen LogP contribution in [0, 0.1) is 13.8 Å². The van der Waals surface area contributed by atoms with Gasteiger partial charge in [-0.25, -0.2) is 9.97 Å². The molecular weight excluding hydrogens is 348 g/mol. The largest absolute Gasteiger partial charge is 0.495 e. The number of aryl methyl sites for hydroxylation is 2. The highest BCUT2D eigenvalue weighted by Gasteiger charge is 2.07. The molecule has 0 aliphatic carbocycles. The lowest BCUT2D eigenvalue weighted by Crippen LogP contribution is -2.05. The maximum atomic E-state index is 5.92. The smallest absolute Gasteiger partial charge is 0.142 e. The summed E-state index contributed by atoms with van der Waals surface area (Å²) in [5.74, 6) is 2.91. The lowest BCUT2D eigenvalue weighted by Gasteiger charge is -2.13. The van der Waals surface area contributed by atoms with Crippen LogP contribution < -0.4 is 15.4 Å². The molecule has 0 spiro atoms. The minimum atomic E-state index is 0.654. The van der Waals surface area contributed by atoms with Crippen molar-refractivity contribution in [2.75, 3.05) is 17.7 Å². The highest BCUT2D eigenvalue weighted by molar-refractivity contribution is 6.30. The van der Waals surface area contributed by atoms with Crippen LogP contribution in [-0.4, -0.2) is 17.1 Å². The van der Waals surface area contributed by atoms with Crippen molar-refractivity contribution in [3.8, 4) is 5.75 Å². The van der Waals surface area contributed by atoms with Crippen LogP contribution in [-0.2, 0) is 6.54 Å². The van der Waals surface area contributed by atoms with Crippen LogP contribution in [0.2, 0.25) is 5.02 Å². The van der Waals surface area contributed by atoms with E-state index in [0.717, 1.165) is 33.4 Å². The summed E-state index contributed by atoms with van der Waals surface area (Å²) in [5.41, 5.74) is 3.13. The van der Waals surface area contributed by atoms with Crippen molar-refractivity contribution in [2.24, 2.45) is 0 Å². The topological polar surface area (TPSA) is 59.1 Å². The number of aromatic nitrogens is 2. The third kappa shape index (κ3) is 4.64. The van der Waals surface area contributed by atoms with Crippen molar-refractivity contribution in [1.82, 2.24) is 9.97 Å². The molecule has 0 aliphatic heterocycles. The van der Waals surface area contributed by atoms with Gasteiger partial charge in [0.2, 0.25) is 0 Å². The van der Waals surface area contributed by atoms with Gasteiger partial charge < -0.3 is 15.4 Å². The van der Waals surface area contributed by atoms with E-state index in [4.69, 9.17) is 16.3 Å². The Labute approximate surface area is 158 Å². The minimum absolute atomic E-state index is 0.654. The first-order valence-corrected chi connectivity index (χ1v) is 8.67. The van der Waals surface area contributed by atoms with Gasteiger partial charge in [-0.3, -0.25) is 0 Å². The van der Waals surface area contributed by atoms with Crippen LogP contribution in [0.4, 0.5) is 17.3 Å². The Morgan fingerprint density at radius 1 is 0.962 bits per heavy atom. The monoisotopic (exact) mass is 368 g/mol. The van der Waals surface area contributed by atoms with Crippen LogP contribution in [0.25, 0.3) is 0 Å². The maximum Gasteiger partial charge on any atom is 0.142 e. The first-order chi connectivity index (χ1) is 12.5. The molecule has 0 saturated carbocycles. The molecule has 0 atom stereocenters. The molecule has 0 amide bonds. The van der Waals surface area contributed by atoms with Gasteiger partial charge in [-0.2, -0.15) is 0 Å². The zero-order chi connectivity index (χ0) is 18.5. The Morgan fingerprint density at radius 2 is 1.69 bits per heavy atom. The lowest BCUT2D eigenvalue weighted by atomic mass is 10.2. The van der Waals surface area contributed by atoms with Gasteiger partial charge in [-0.1, -0.05) is 29.8 Å². The maximum absolute atomic E-state index is 5.92. The zero-order valence-electron chi connectivity index (χ0n) is 15.0. The summed E-state index contributed by atoms with van der Waals surface area (Å²) in [6.07, 6.45) is 0. The second-order valence-electron chi connectivity index (χ2n) is 5.99. The number of anilines is 3. The van der Waals surface area contributed by atoms with Crippen LogP contribution in [0.5, 0.6) is 5.75 Å². The van der Waals surface area contributed by atoms with Crippen LogP contribution >= 0.6 is 11.6 Å². The molecule has 0 radical (unpaired) electrons. The summed E-state index contributed by atoms with van der Waals surface area (Å²) in [6, 6.07) is 15.6. The molecule has 2 aromatic carbocycles. The summed E-state index contributed by atoms with van der Waals surface area (Å²) in [6.45, 7) is 4.56. The molecule has 2 N–H and O–H groups in total. The van der Waals surface area contributed by atoms with E-state index >= 15 is 0 Å². The highest BCUT2D eigenvalue weighted by atomic mass is 35.5. The Balaban J connectivity index is 1.77. The van der Waals surface area contributed by atoms with Gasteiger partial charge in [-0.15, -0.1) is 0 Å². The average Bonchev–Trinajstić information content (AvgIpc) is 2.61. The predicted molar refractivity (Wildman–Crippen MR) is 107 cm³/mol. The van der Waals surface area contributed by atoms with E-state index in [1.165, 1.54) is 0 Å². The molecule has 6 heteroatoms. The number of benzene rings is 2. The molecule has 0 saturated heterocycles. The fraction of sp³-hybridized carbons (Fsp3) is 0.200. The second-order valence-corrected chi connectivity index (χ2v) is 6.43. The second kappa shape index (κ2) is 8.06. The van der Waals surface area contributed by atoms with E-state index < -0.39 is 0 Å². The molecule has 0 fully saturated rings. The van der Waals surface area contributed by atoms with E-state index in [1.807, 2.05) is 62.4 Å². The fourth-order valence-electron chi connectivity index (χ4n) is 2.57. The van der Waals surface area contributed by atoms with E-state index in [0.29, 0.717) is 18.2 Å². The van der Waals surface area contributed by atoms with Crippen LogP contribution in [0.15, 0.2) is 48.5 Å². The van der Waals surface area contributed by atoms with Gasteiger partial charge in [0.05, 0.1) is 12.8 Å². The Bertz CT molecular complexity index is 897. The standard InChI is InChI=1S/C20H21ClN4O/c1-13-4-9-18(26-3)17(10-13)25-20-11-19(23-14(2)24-20)22-12-15-5-7-16(21)8-6-15/h4-11H,12H2,1-3H3,(H2,22,23,24,25). The number of hydrogen-bond donors (Lipinski definition) is 2. The first-order valence-electron chi connectivity index (χ1n) is 8.29.